The van der Waals surface area contributed by atoms with Crippen molar-refractivity contribution in [3.63, 3.8) is 0 Å². The molecule has 0 aromatic carbocycles. The molecule has 0 heterocycles. The van der Waals surface area contributed by atoms with Crippen molar-refractivity contribution in [2.75, 3.05) is 13.7 Å². The second-order valence-electron chi connectivity index (χ2n) is 4.22. The highest BCUT2D eigenvalue weighted by Crippen LogP contribution is 2.06. The van der Waals surface area contributed by atoms with Crippen molar-refractivity contribution in [3.8, 4) is 0 Å². The Bertz CT molecular complexity index is 183. The van der Waals surface area contributed by atoms with Gasteiger partial charge in [0.05, 0.1) is 18.7 Å². The number of hydrogen-bond acceptors (Lipinski definition) is 3. The van der Waals surface area contributed by atoms with Crippen molar-refractivity contribution in [3.05, 3.63) is 0 Å². The van der Waals surface area contributed by atoms with E-state index in [1.807, 2.05) is 13.8 Å². The summed E-state index contributed by atoms with van der Waals surface area (Å²) in [6.07, 6.45) is 0.682. The van der Waals surface area contributed by atoms with Gasteiger partial charge in [-0.3, -0.25) is 4.79 Å². The fourth-order valence-electron chi connectivity index (χ4n) is 1.21. The summed E-state index contributed by atoms with van der Waals surface area (Å²) in [6, 6.07) is -0.616. The number of aliphatic hydroxyl groups excluding tert-OH is 1. The molecule has 0 spiro atoms. The molecular weight excluding hydrogens is 180 g/mol. The van der Waals surface area contributed by atoms with Gasteiger partial charge < -0.3 is 15.7 Å². The van der Waals surface area contributed by atoms with Gasteiger partial charge in [-0.25, -0.2) is 0 Å². The van der Waals surface area contributed by atoms with Crippen LogP contribution in [0.3, 0.4) is 0 Å². The zero-order valence-corrected chi connectivity index (χ0v) is 9.53. The van der Waals surface area contributed by atoms with Gasteiger partial charge in [0.2, 0.25) is 5.91 Å². The van der Waals surface area contributed by atoms with Gasteiger partial charge in [0.25, 0.3) is 0 Å². The van der Waals surface area contributed by atoms with E-state index in [2.05, 4.69) is 0 Å². The van der Waals surface area contributed by atoms with E-state index < -0.39 is 6.04 Å². The van der Waals surface area contributed by atoms with E-state index >= 15 is 0 Å². The summed E-state index contributed by atoms with van der Waals surface area (Å²) in [4.78, 5) is 13.2. The van der Waals surface area contributed by atoms with Crippen LogP contribution in [0.25, 0.3) is 0 Å². The lowest BCUT2D eigenvalue weighted by Crippen LogP contribution is -2.47. The van der Waals surface area contributed by atoms with Gasteiger partial charge >= 0.3 is 0 Å². The lowest BCUT2D eigenvalue weighted by molar-refractivity contribution is -0.134. The smallest absolute Gasteiger partial charge is 0.239 e. The van der Waals surface area contributed by atoms with Gasteiger partial charge in [0.1, 0.15) is 0 Å². The lowest BCUT2D eigenvalue weighted by atomic mass is 10.0. The highest BCUT2D eigenvalue weighted by Gasteiger charge is 2.21. The predicted molar refractivity (Wildman–Crippen MR) is 56.7 cm³/mol. The molecule has 1 amide bonds. The van der Waals surface area contributed by atoms with E-state index in [9.17, 15) is 4.79 Å². The average molecular weight is 202 g/mol. The van der Waals surface area contributed by atoms with Gasteiger partial charge in [-0.1, -0.05) is 13.8 Å². The summed E-state index contributed by atoms with van der Waals surface area (Å²) in [5.74, 6) is 0.312. The third kappa shape index (κ3) is 4.07. The van der Waals surface area contributed by atoms with E-state index in [0.717, 1.165) is 0 Å². The maximum atomic E-state index is 11.7. The van der Waals surface area contributed by atoms with Gasteiger partial charge in [-0.2, -0.15) is 0 Å². The van der Waals surface area contributed by atoms with E-state index in [4.69, 9.17) is 10.8 Å². The van der Waals surface area contributed by atoms with Gasteiger partial charge in [-0.05, 0) is 19.3 Å². The summed E-state index contributed by atoms with van der Waals surface area (Å²) in [7, 11) is 1.67. The maximum absolute atomic E-state index is 11.7. The number of carbonyl (C=O) groups is 1. The highest BCUT2D eigenvalue weighted by molar-refractivity contribution is 5.81. The first kappa shape index (κ1) is 13.4. The number of aliphatic hydroxyl groups is 1. The number of amides is 1. The Morgan fingerprint density at radius 3 is 2.29 bits per heavy atom. The van der Waals surface area contributed by atoms with Crippen molar-refractivity contribution in [1.29, 1.82) is 0 Å². The Morgan fingerprint density at radius 2 is 1.93 bits per heavy atom. The summed E-state index contributed by atoms with van der Waals surface area (Å²) in [5.41, 5.74) is 5.74. The number of carbonyl (C=O) groups excluding carboxylic acids is 1. The molecule has 0 radical (unpaired) electrons. The first-order valence-electron chi connectivity index (χ1n) is 5.03. The van der Waals surface area contributed by atoms with Gasteiger partial charge in [0, 0.05) is 7.05 Å². The summed E-state index contributed by atoms with van der Waals surface area (Å²) < 4.78 is 0. The van der Waals surface area contributed by atoms with Crippen molar-refractivity contribution in [2.45, 2.75) is 39.3 Å². The van der Waals surface area contributed by atoms with Crippen molar-refractivity contribution < 1.29 is 9.90 Å². The molecule has 2 atom stereocenters. The fourth-order valence-corrected chi connectivity index (χ4v) is 1.21. The van der Waals surface area contributed by atoms with E-state index in [1.54, 1.807) is 14.0 Å². The molecule has 0 aliphatic carbocycles. The molecule has 2 unspecified atom stereocenters. The predicted octanol–water partition coefficient (Wildman–Crippen LogP) is 0.199. The average Bonchev–Trinajstić information content (AvgIpc) is 2.13. The van der Waals surface area contributed by atoms with Gasteiger partial charge in [0.15, 0.2) is 0 Å². The topological polar surface area (TPSA) is 66.6 Å². The first-order valence-corrected chi connectivity index (χ1v) is 5.03. The quantitative estimate of drug-likeness (QED) is 0.669. The summed E-state index contributed by atoms with van der Waals surface area (Å²) in [6.45, 7) is 5.82. The number of nitrogens with two attached hydrogens (primary N) is 1. The Balaban J connectivity index is 4.17. The van der Waals surface area contributed by atoms with Gasteiger partial charge in [-0.15, -0.1) is 0 Å². The van der Waals surface area contributed by atoms with Crippen LogP contribution in [-0.2, 0) is 4.79 Å². The second kappa shape index (κ2) is 5.98. The number of rotatable bonds is 5. The van der Waals surface area contributed by atoms with Crippen LogP contribution in [0.4, 0.5) is 0 Å². The third-order valence-electron chi connectivity index (χ3n) is 2.32. The molecule has 84 valence electrons. The monoisotopic (exact) mass is 202 g/mol. The molecule has 0 rings (SSSR count). The van der Waals surface area contributed by atoms with Crippen molar-refractivity contribution in [1.82, 2.24) is 4.90 Å². The standard InChI is InChI=1S/C10H22N2O2/c1-7(2)5-9(11)10(14)12(4)8(3)6-13/h7-9,13H,5-6,11H2,1-4H3. The minimum atomic E-state index is -0.450. The molecule has 0 aliphatic heterocycles. The normalized spacial score (nSPS) is 15.4. The minimum absolute atomic E-state index is 0.0311. The van der Waals surface area contributed by atoms with E-state index in [1.165, 1.54) is 4.90 Å². The van der Waals surface area contributed by atoms with Crippen LogP contribution in [0.5, 0.6) is 0 Å². The highest BCUT2D eigenvalue weighted by atomic mass is 16.3. The van der Waals surface area contributed by atoms with Crippen LogP contribution < -0.4 is 5.73 Å². The molecular formula is C10H22N2O2. The fraction of sp³-hybridized carbons (Fsp3) is 0.900. The van der Waals surface area contributed by atoms with E-state index in [0.29, 0.717) is 12.3 Å². The molecule has 0 aromatic heterocycles. The molecule has 0 fully saturated rings. The Kier molecular flexibility index (Phi) is 5.72. The molecule has 14 heavy (non-hydrogen) atoms. The summed E-state index contributed by atoms with van der Waals surface area (Å²) in [5, 5.41) is 8.88. The Labute approximate surface area is 86.1 Å². The van der Waals surface area contributed by atoms with Crippen LogP contribution in [0.2, 0.25) is 0 Å². The van der Waals surface area contributed by atoms with Crippen molar-refractivity contribution >= 4 is 5.91 Å². The van der Waals surface area contributed by atoms with E-state index in [-0.39, 0.29) is 18.6 Å². The Morgan fingerprint density at radius 1 is 1.43 bits per heavy atom. The zero-order valence-electron chi connectivity index (χ0n) is 9.53. The molecule has 0 saturated carbocycles. The largest absolute Gasteiger partial charge is 0.394 e. The molecule has 4 heteroatoms. The number of hydrogen-bond donors (Lipinski definition) is 2. The van der Waals surface area contributed by atoms with Crippen LogP contribution in [0.15, 0.2) is 0 Å². The molecule has 0 aromatic rings. The number of nitrogens with zero attached hydrogens (tertiary/aromatic N) is 1. The van der Waals surface area contributed by atoms with Crippen LogP contribution in [0.1, 0.15) is 27.2 Å². The van der Waals surface area contributed by atoms with Crippen LogP contribution in [0, 0.1) is 5.92 Å². The minimum Gasteiger partial charge on any atom is -0.394 e. The Hall–Kier alpha value is -0.610. The molecule has 0 bridgehead atoms. The lowest BCUT2D eigenvalue weighted by Gasteiger charge is -2.26. The third-order valence-corrected chi connectivity index (χ3v) is 2.32. The maximum Gasteiger partial charge on any atom is 0.239 e. The molecule has 3 N–H and O–H groups in total. The molecule has 0 saturated heterocycles. The van der Waals surface area contributed by atoms with Crippen molar-refractivity contribution in [2.24, 2.45) is 11.7 Å². The van der Waals surface area contributed by atoms with Crippen LogP contribution in [-0.4, -0.2) is 41.7 Å². The first-order chi connectivity index (χ1) is 6.40. The summed E-state index contributed by atoms with van der Waals surface area (Å²) >= 11 is 0. The zero-order chi connectivity index (χ0) is 11.3. The number of likely N-dealkylation sites (N-methyl/N-ethyl adjacent to an activating group) is 1. The second-order valence-corrected chi connectivity index (χ2v) is 4.22. The van der Waals surface area contributed by atoms with Crippen LogP contribution >= 0.6 is 0 Å². The SMILES string of the molecule is CC(C)CC(N)C(=O)N(C)C(C)CO. The molecule has 0 aliphatic rings. The molecule has 4 nitrogen and oxygen atoms in total.